The monoisotopic (exact) mass is 650 g/mol. The number of carboxylic acid groups (broad SMARTS) is 1. The number of aryl methyl sites for hydroxylation is 1. The summed E-state index contributed by atoms with van der Waals surface area (Å²) in [4.78, 5) is 24.2. The molecule has 2 aromatic rings. The zero-order valence-corrected chi connectivity index (χ0v) is 25.8. The van der Waals surface area contributed by atoms with Crippen LogP contribution in [0.5, 0.6) is 5.75 Å². The lowest BCUT2D eigenvalue weighted by atomic mass is 9.87. The van der Waals surface area contributed by atoms with Crippen molar-refractivity contribution in [3.05, 3.63) is 46.9 Å². The summed E-state index contributed by atoms with van der Waals surface area (Å²) < 4.78 is 7.93. The molecule has 206 valence electrons. The lowest BCUT2D eigenvalue weighted by Gasteiger charge is -2.33. The van der Waals surface area contributed by atoms with Crippen LogP contribution in [0.25, 0.3) is 0 Å². The van der Waals surface area contributed by atoms with Crippen molar-refractivity contribution in [3.8, 4) is 5.75 Å². The summed E-state index contributed by atoms with van der Waals surface area (Å²) in [6, 6.07) is 5.39. The highest BCUT2D eigenvalue weighted by Crippen LogP contribution is 2.45. The molecule has 7 nitrogen and oxygen atoms in total. The first-order valence-electron chi connectivity index (χ1n) is 14.0. The number of carbonyl (C=O) groups is 1. The van der Waals surface area contributed by atoms with Gasteiger partial charge in [0.2, 0.25) is 0 Å². The van der Waals surface area contributed by atoms with Crippen LogP contribution >= 0.6 is 32.1 Å². The molecule has 2 aliphatic heterocycles. The highest BCUT2D eigenvalue weighted by Gasteiger charge is 2.41. The minimum atomic E-state index is -0.760. The maximum absolute atomic E-state index is 12.4. The Kier molecular flexibility index (Phi) is 8.80. The third-order valence-electron chi connectivity index (χ3n) is 8.63. The van der Waals surface area contributed by atoms with Crippen molar-refractivity contribution in [2.24, 2.45) is 5.92 Å². The van der Waals surface area contributed by atoms with Crippen molar-refractivity contribution in [1.82, 2.24) is 14.9 Å². The van der Waals surface area contributed by atoms with Gasteiger partial charge in [0.15, 0.2) is 0 Å². The summed E-state index contributed by atoms with van der Waals surface area (Å²) in [5, 5.41) is 10.3. The highest BCUT2D eigenvalue weighted by atomic mass is 127. The topological polar surface area (TPSA) is 78.8 Å². The molecule has 1 saturated carbocycles. The largest absolute Gasteiger partial charge is 0.496 e. The summed E-state index contributed by atoms with van der Waals surface area (Å²) in [6.07, 6.45) is 11.5. The quantitative estimate of drug-likeness (QED) is 0.139. The second-order valence-corrected chi connectivity index (χ2v) is 14.0. The number of aromatic nitrogens is 2. The van der Waals surface area contributed by atoms with Gasteiger partial charge in [-0.3, -0.25) is 17.8 Å². The van der Waals surface area contributed by atoms with E-state index in [-0.39, 0.29) is 5.16 Å². The van der Waals surface area contributed by atoms with Crippen molar-refractivity contribution in [2.75, 3.05) is 29.9 Å². The van der Waals surface area contributed by atoms with Gasteiger partial charge < -0.3 is 9.84 Å². The molecule has 5 rings (SSSR count). The van der Waals surface area contributed by atoms with Gasteiger partial charge in [0.25, 0.3) is 0 Å². The summed E-state index contributed by atoms with van der Waals surface area (Å²) in [5.41, 5.74) is 4.23. The number of fused-ring (bicyclic) bond motifs is 1. The number of unbranched alkanes of at least 4 members (excludes halogenated alkanes) is 1. The molecule has 0 spiro atoms. The molecular weight excluding hydrogens is 610 g/mol. The molecule has 2 fully saturated rings. The van der Waals surface area contributed by atoms with Crippen LogP contribution < -0.4 is 7.85 Å². The first-order valence-corrected chi connectivity index (χ1v) is 15.5. The van der Waals surface area contributed by atoms with Gasteiger partial charge in [-0.1, -0.05) is 19.4 Å². The number of likely N-dealkylation sites (tertiary alicyclic amines) is 1. The third-order valence-corrected chi connectivity index (χ3v) is 10.3. The van der Waals surface area contributed by atoms with Crippen molar-refractivity contribution in [2.45, 2.75) is 81.8 Å². The SMILES string of the molecule is COc1cc(CCCCC(C)(P)C2CCN([C@H](C(=O)O)c3cccnc3C3CC3)C2)nc2c1CCCN2I. The molecule has 0 radical (unpaired) electrons. The predicted octanol–water partition coefficient (Wildman–Crippen LogP) is 5.96. The number of carboxylic acids is 1. The molecule has 2 aromatic heterocycles. The second-order valence-electron chi connectivity index (χ2n) is 11.5. The Labute approximate surface area is 242 Å². The molecule has 9 heteroatoms. The van der Waals surface area contributed by atoms with Crippen LogP contribution in [0.4, 0.5) is 5.82 Å². The first kappa shape index (κ1) is 28.0. The number of nitrogens with zero attached hydrogens (tertiary/aromatic N) is 4. The maximum atomic E-state index is 12.4. The molecule has 1 aliphatic carbocycles. The minimum Gasteiger partial charge on any atom is -0.496 e. The average Bonchev–Trinajstić information content (AvgIpc) is 3.63. The molecule has 38 heavy (non-hydrogen) atoms. The number of halogens is 1. The Hall–Kier alpha value is -1.51. The summed E-state index contributed by atoms with van der Waals surface area (Å²) in [5.74, 6) is 2.16. The molecule has 1 N–H and O–H groups in total. The zero-order chi connectivity index (χ0) is 26.9. The van der Waals surface area contributed by atoms with Crippen molar-refractivity contribution < 1.29 is 14.6 Å². The fourth-order valence-electron chi connectivity index (χ4n) is 6.25. The molecular formula is C29H40IN4O3P. The van der Waals surface area contributed by atoms with Gasteiger partial charge in [0, 0.05) is 53.8 Å². The number of ether oxygens (including phenoxy) is 1. The first-order chi connectivity index (χ1) is 18.3. The smallest absolute Gasteiger partial charge is 0.325 e. The fourth-order valence-corrected chi connectivity index (χ4v) is 7.47. The molecule has 0 amide bonds. The molecule has 0 bridgehead atoms. The third kappa shape index (κ3) is 6.12. The van der Waals surface area contributed by atoms with Crippen LogP contribution in [0.2, 0.25) is 0 Å². The average molecular weight is 651 g/mol. The maximum Gasteiger partial charge on any atom is 0.325 e. The number of hydrogen-bond acceptors (Lipinski definition) is 6. The van der Waals surface area contributed by atoms with E-state index in [1.54, 1.807) is 13.3 Å². The number of anilines is 1. The van der Waals surface area contributed by atoms with Crippen molar-refractivity contribution >= 4 is 43.9 Å². The summed E-state index contributed by atoms with van der Waals surface area (Å²) >= 11 is 2.36. The molecule has 0 aromatic carbocycles. The van der Waals surface area contributed by atoms with Crippen LogP contribution in [0.1, 0.15) is 86.3 Å². The van der Waals surface area contributed by atoms with E-state index in [0.29, 0.717) is 11.8 Å². The molecule has 4 heterocycles. The van der Waals surface area contributed by atoms with Gasteiger partial charge in [-0.2, -0.15) is 0 Å². The fraction of sp³-hybridized carbons (Fsp3) is 0.621. The van der Waals surface area contributed by atoms with Crippen LogP contribution in [0.15, 0.2) is 24.4 Å². The van der Waals surface area contributed by atoms with E-state index < -0.39 is 12.0 Å². The van der Waals surface area contributed by atoms with E-state index in [2.05, 4.69) is 58.1 Å². The van der Waals surface area contributed by atoms with Gasteiger partial charge in [0.05, 0.1) is 30.0 Å². The summed E-state index contributed by atoms with van der Waals surface area (Å²) in [6.45, 7) is 4.99. The Morgan fingerprint density at radius 2 is 2.13 bits per heavy atom. The second kappa shape index (κ2) is 11.9. The van der Waals surface area contributed by atoms with Gasteiger partial charge in [-0.15, -0.1) is 9.24 Å². The van der Waals surface area contributed by atoms with Gasteiger partial charge in [0.1, 0.15) is 17.6 Å². The number of pyridine rings is 2. The minimum absolute atomic E-state index is 0.0754. The van der Waals surface area contributed by atoms with E-state index in [1.165, 1.54) is 5.56 Å². The van der Waals surface area contributed by atoms with Gasteiger partial charge in [-0.25, -0.2) is 4.98 Å². The van der Waals surface area contributed by atoms with Crippen molar-refractivity contribution in [3.63, 3.8) is 0 Å². The number of methoxy groups -OCH3 is 1. The highest BCUT2D eigenvalue weighted by molar-refractivity contribution is 14.1. The van der Waals surface area contributed by atoms with Crippen LogP contribution in [-0.4, -0.2) is 57.8 Å². The van der Waals surface area contributed by atoms with E-state index in [9.17, 15) is 9.90 Å². The lowest BCUT2D eigenvalue weighted by Crippen LogP contribution is -2.36. The van der Waals surface area contributed by atoms with E-state index >= 15 is 0 Å². The van der Waals surface area contributed by atoms with E-state index in [0.717, 1.165) is 106 Å². The van der Waals surface area contributed by atoms with Gasteiger partial charge >= 0.3 is 5.97 Å². The molecule has 3 unspecified atom stereocenters. The van der Waals surface area contributed by atoms with Crippen molar-refractivity contribution in [1.29, 1.82) is 0 Å². The Morgan fingerprint density at radius 3 is 2.87 bits per heavy atom. The number of hydrogen-bond donors (Lipinski definition) is 1. The molecule has 4 atom stereocenters. The Bertz CT molecular complexity index is 1160. The van der Waals surface area contributed by atoms with Crippen LogP contribution in [0.3, 0.4) is 0 Å². The molecule has 3 aliphatic rings. The van der Waals surface area contributed by atoms with Crippen LogP contribution in [0, 0.1) is 5.92 Å². The standard InChI is InChI=1S/C29H40IN4O3P/c1-29(38,13-4-3-7-21-17-24(37-2)22-9-6-15-34(30)27(22)32-21)20-12-16-33(18-20)26(28(35)36)23-8-5-14-31-25(23)19-10-11-19/h5,8,14,17,19-20,26H,3-4,6-7,9-13,15-16,18,38H2,1-2H3,(H,35,36)/t20?,26-,29?/m0/s1. The van der Waals surface area contributed by atoms with Crippen LogP contribution in [-0.2, 0) is 17.6 Å². The van der Waals surface area contributed by atoms with E-state index in [1.807, 2.05) is 12.1 Å². The lowest BCUT2D eigenvalue weighted by molar-refractivity contribution is -0.143. The normalized spacial score (nSPS) is 22.1. The Morgan fingerprint density at radius 1 is 1.32 bits per heavy atom. The van der Waals surface area contributed by atoms with Gasteiger partial charge in [-0.05, 0) is 75.1 Å². The summed E-state index contributed by atoms with van der Waals surface area (Å²) in [7, 11) is 4.88. The Balaban J connectivity index is 1.18. The number of aliphatic carboxylic acids is 1. The zero-order valence-electron chi connectivity index (χ0n) is 22.5. The predicted molar refractivity (Wildman–Crippen MR) is 162 cm³/mol. The number of rotatable bonds is 11. The van der Waals surface area contributed by atoms with E-state index in [4.69, 9.17) is 9.72 Å². The molecule has 1 saturated heterocycles.